The van der Waals surface area contributed by atoms with Crippen molar-refractivity contribution in [2.75, 3.05) is 14.2 Å². The van der Waals surface area contributed by atoms with Gasteiger partial charge in [0, 0.05) is 28.9 Å². The predicted molar refractivity (Wildman–Crippen MR) is 129 cm³/mol. The third kappa shape index (κ3) is 4.31. The van der Waals surface area contributed by atoms with Crippen LogP contribution in [0.25, 0.3) is 0 Å². The van der Waals surface area contributed by atoms with Gasteiger partial charge in [0.1, 0.15) is 23.2 Å². The first-order chi connectivity index (χ1) is 16.8. The van der Waals surface area contributed by atoms with E-state index in [4.69, 9.17) is 31.5 Å². The Balaban J connectivity index is 1.81. The Kier molecular flexibility index (Phi) is 6.72. The number of nitrogens with zero attached hydrogens (tertiary/aromatic N) is 2. The minimum absolute atomic E-state index is 0.00519. The maximum Gasteiger partial charge on any atom is 0.258 e. The normalized spacial score (nSPS) is 14.7. The van der Waals surface area contributed by atoms with E-state index in [-0.39, 0.29) is 33.4 Å². The number of hydrogen-bond donors (Lipinski definition) is 1. The van der Waals surface area contributed by atoms with Crippen LogP contribution in [0.5, 0.6) is 17.2 Å². The smallest absolute Gasteiger partial charge is 0.258 e. The Morgan fingerprint density at radius 2 is 1.91 bits per heavy atom. The van der Waals surface area contributed by atoms with Crippen LogP contribution >= 0.6 is 11.6 Å². The minimum atomic E-state index is -1.10. The summed E-state index contributed by atoms with van der Waals surface area (Å²) >= 11 is 6.33. The van der Waals surface area contributed by atoms with Gasteiger partial charge in [-0.15, -0.1) is 0 Å². The number of aryl methyl sites for hydroxylation is 2. The van der Waals surface area contributed by atoms with Crippen molar-refractivity contribution in [2.24, 2.45) is 5.73 Å². The fourth-order valence-electron chi connectivity index (χ4n) is 4.32. The van der Waals surface area contributed by atoms with Gasteiger partial charge in [0.25, 0.3) is 5.56 Å². The molecule has 1 atom stereocenters. The summed E-state index contributed by atoms with van der Waals surface area (Å²) in [6, 6.07) is 13.4. The van der Waals surface area contributed by atoms with Crippen LogP contribution in [0.2, 0.25) is 5.02 Å². The molecule has 2 N–H and O–H groups in total. The molecule has 0 bridgehead atoms. The molecule has 7 nitrogen and oxygen atoms in total. The second kappa shape index (κ2) is 9.72. The maximum absolute atomic E-state index is 15.0. The van der Waals surface area contributed by atoms with Crippen molar-refractivity contribution in [3.8, 4) is 23.3 Å². The third-order valence-electron chi connectivity index (χ3n) is 6.05. The first-order valence-electron chi connectivity index (χ1n) is 10.8. The molecule has 0 radical (unpaired) electrons. The Hall–Kier alpha value is -3.96. The van der Waals surface area contributed by atoms with E-state index in [1.54, 1.807) is 37.8 Å². The van der Waals surface area contributed by atoms with Crippen LogP contribution in [0, 0.1) is 24.1 Å². The van der Waals surface area contributed by atoms with Gasteiger partial charge in [-0.2, -0.15) is 5.26 Å². The Bertz CT molecular complexity index is 1420. The van der Waals surface area contributed by atoms with Crippen LogP contribution in [0.3, 0.4) is 0 Å². The molecular weight excluding hydrogens is 473 g/mol. The molecule has 0 spiro atoms. The number of rotatable bonds is 6. The fraction of sp³-hybridized carbons (Fsp3) is 0.231. The molecule has 4 rings (SSSR count). The van der Waals surface area contributed by atoms with Crippen molar-refractivity contribution < 1.29 is 18.6 Å². The lowest BCUT2D eigenvalue weighted by atomic mass is 9.83. The molecule has 0 amide bonds. The zero-order valence-corrected chi connectivity index (χ0v) is 20.1. The summed E-state index contributed by atoms with van der Waals surface area (Å²) < 4.78 is 32.8. The average Bonchev–Trinajstić information content (AvgIpc) is 2.83. The van der Waals surface area contributed by atoms with Crippen LogP contribution in [-0.2, 0) is 13.0 Å². The number of ether oxygens (including phenoxy) is 3. The van der Waals surface area contributed by atoms with Crippen molar-refractivity contribution in [3.63, 3.8) is 0 Å². The van der Waals surface area contributed by atoms with Crippen LogP contribution in [0.4, 0.5) is 4.39 Å². The third-order valence-corrected chi connectivity index (χ3v) is 6.38. The minimum Gasteiger partial charge on any atom is -0.493 e. The maximum atomic E-state index is 15.0. The standard InChI is InChI=1S/C26H23ClFN3O4/c1-14-11-21-24(22(16(13-29)25(30)35-21)23-17(27)5-4-6-18(23)28)26(32)31(14)10-9-15-7-8-19(33-2)20(12-15)34-3/h4-8,11-12,22H,9-10,30H2,1-3H3/t22-/m0/s1. The lowest BCUT2D eigenvalue weighted by molar-refractivity contribution is 0.354. The number of benzene rings is 2. The average molecular weight is 496 g/mol. The number of halogens is 2. The summed E-state index contributed by atoms with van der Waals surface area (Å²) in [6.45, 7) is 2.09. The van der Waals surface area contributed by atoms with Gasteiger partial charge >= 0.3 is 0 Å². The van der Waals surface area contributed by atoms with Crippen molar-refractivity contribution in [3.05, 3.63) is 97.5 Å². The molecule has 0 fully saturated rings. The van der Waals surface area contributed by atoms with E-state index in [0.29, 0.717) is 30.2 Å². The zero-order valence-electron chi connectivity index (χ0n) is 19.4. The summed E-state index contributed by atoms with van der Waals surface area (Å²) in [4.78, 5) is 13.8. The highest BCUT2D eigenvalue weighted by molar-refractivity contribution is 6.31. The molecular formula is C26H23ClFN3O4. The molecule has 2 aromatic carbocycles. The second-order valence-electron chi connectivity index (χ2n) is 8.02. The van der Waals surface area contributed by atoms with Gasteiger partial charge in [-0.05, 0) is 43.2 Å². The number of methoxy groups -OCH3 is 2. The molecule has 0 saturated heterocycles. The first kappa shape index (κ1) is 24.2. The van der Waals surface area contributed by atoms with Crippen molar-refractivity contribution in [2.45, 2.75) is 25.8 Å². The van der Waals surface area contributed by atoms with E-state index in [9.17, 15) is 14.4 Å². The number of hydrogen-bond acceptors (Lipinski definition) is 6. The van der Waals surface area contributed by atoms with E-state index in [0.717, 1.165) is 5.56 Å². The molecule has 180 valence electrons. The highest BCUT2D eigenvalue weighted by atomic mass is 35.5. The van der Waals surface area contributed by atoms with Crippen LogP contribution < -0.4 is 25.5 Å². The van der Waals surface area contributed by atoms with Crippen LogP contribution in [0.1, 0.15) is 28.3 Å². The lowest BCUT2D eigenvalue weighted by Crippen LogP contribution is -2.33. The summed E-state index contributed by atoms with van der Waals surface area (Å²) in [5.74, 6) is -0.567. The summed E-state index contributed by atoms with van der Waals surface area (Å²) in [7, 11) is 3.12. The number of aromatic nitrogens is 1. The Morgan fingerprint density at radius 3 is 2.57 bits per heavy atom. The molecule has 1 aliphatic rings. The Morgan fingerprint density at radius 1 is 1.17 bits per heavy atom. The topological polar surface area (TPSA) is 99.5 Å². The molecule has 9 heteroatoms. The molecule has 35 heavy (non-hydrogen) atoms. The van der Waals surface area contributed by atoms with E-state index in [2.05, 4.69) is 0 Å². The van der Waals surface area contributed by atoms with Crippen LogP contribution in [-0.4, -0.2) is 18.8 Å². The van der Waals surface area contributed by atoms with Gasteiger partial charge in [0.05, 0.1) is 25.7 Å². The summed E-state index contributed by atoms with van der Waals surface area (Å²) in [5.41, 5.74) is 7.18. The number of fused-ring (bicyclic) bond motifs is 1. The molecule has 1 aliphatic heterocycles. The number of nitrogens with two attached hydrogens (primary N) is 1. The van der Waals surface area contributed by atoms with Crippen molar-refractivity contribution >= 4 is 11.6 Å². The zero-order chi connectivity index (χ0) is 25.3. The Labute approximate surface area is 206 Å². The summed E-state index contributed by atoms with van der Waals surface area (Å²) in [5, 5.41) is 9.88. The molecule has 0 saturated carbocycles. The number of pyridine rings is 1. The lowest BCUT2D eigenvalue weighted by Gasteiger charge is -2.28. The highest BCUT2D eigenvalue weighted by Crippen LogP contribution is 2.43. The molecule has 2 heterocycles. The largest absolute Gasteiger partial charge is 0.493 e. The van der Waals surface area contributed by atoms with E-state index in [1.165, 1.54) is 18.2 Å². The summed E-state index contributed by atoms with van der Waals surface area (Å²) in [6.07, 6.45) is 0.509. The van der Waals surface area contributed by atoms with E-state index < -0.39 is 17.3 Å². The number of allylic oxidation sites excluding steroid dienone is 1. The second-order valence-corrected chi connectivity index (χ2v) is 8.43. The van der Waals surface area contributed by atoms with Crippen molar-refractivity contribution in [1.82, 2.24) is 4.57 Å². The molecule has 0 aliphatic carbocycles. The van der Waals surface area contributed by atoms with E-state index in [1.807, 2.05) is 18.2 Å². The highest BCUT2D eigenvalue weighted by Gasteiger charge is 2.37. The molecule has 3 aromatic rings. The van der Waals surface area contributed by atoms with Gasteiger partial charge in [-0.3, -0.25) is 4.79 Å². The van der Waals surface area contributed by atoms with Gasteiger partial charge in [-0.25, -0.2) is 4.39 Å². The van der Waals surface area contributed by atoms with E-state index >= 15 is 0 Å². The van der Waals surface area contributed by atoms with Gasteiger partial charge in [-0.1, -0.05) is 23.7 Å². The van der Waals surface area contributed by atoms with Gasteiger partial charge in [0.2, 0.25) is 5.88 Å². The quantitative estimate of drug-likeness (QED) is 0.543. The van der Waals surface area contributed by atoms with Gasteiger partial charge in [0.15, 0.2) is 11.5 Å². The molecule has 1 aromatic heterocycles. The van der Waals surface area contributed by atoms with Crippen molar-refractivity contribution in [1.29, 1.82) is 5.26 Å². The van der Waals surface area contributed by atoms with Gasteiger partial charge < -0.3 is 24.5 Å². The monoisotopic (exact) mass is 495 g/mol. The number of nitriles is 1. The molecule has 0 unspecified atom stereocenters. The fourth-order valence-corrected chi connectivity index (χ4v) is 4.59. The SMILES string of the molecule is COc1ccc(CCn2c(C)cc3c(c2=O)[C@H](c2c(F)cccc2Cl)C(C#N)=C(N)O3)cc1OC. The first-order valence-corrected chi connectivity index (χ1v) is 11.1. The predicted octanol–water partition coefficient (Wildman–Crippen LogP) is 4.43. The van der Waals surface area contributed by atoms with Crippen LogP contribution in [0.15, 0.2) is 58.7 Å².